The van der Waals surface area contributed by atoms with Crippen molar-refractivity contribution in [3.63, 3.8) is 0 Å². The zero-order chi connectivity index (χ0) is 14.5. The number of piperidine rings is 1. The van der Waals surface area contributed by atoms with Gasteiger partial charge in [-0.25, -0.2) is 0 Å². The zero-order valence-corrected chi connectivity index (χ0v) is 12.2. The quantitative estimate of drug-likeness (QED) is 0.836. The molecule has 0 saturated carbocycles. The van der Waals surface area contributed by atoms with Crippen LogP contribution in [-0.4, -0.2) is 42.1 Å². The van der Waals surface area contributed by atoms with Crippen molar-refractivity contribution >= 4 is 28.9 Å². The summed E-state index contributed by atoms with van der Waals surface area (Å²) in [5.41, 5.74) is 0. The van der Waals surface area contributed by atoms with Crippen LogP contribution in [0.5, 0.6) is 0 Å². The minimum Gasteiger partial charge on any atom is -0.352 e. The number of hydrogen-bond acceptors (Lipinski definition) is 4. The van der Waals surface area contributed by atoms with Gasteiger partial charge >= 0.3 is 0 Å². The predicted molar refractivity (Wildman–Crippen MR) is 76.7 cm³/mol. The number of likely N-dealkylation sites (tertiary alicyclic amines) is 1. The number of amides is 2. The highest BCUT2D eigenvalue weighted by Gasteiger charge is 2.24. The SMILES string of the molecule is CN1CC(NC(=O)CCC(=O)c2cccs2)CCC1=O. The Kier molecular flexibility index (Phi) is 4.89. The third-order valence-corrected chi connectivity index (χ3v) is 4.28. The number of carbonyl (C=O) groups excluding carboxylic acids is 3. The van der Waals surface area contributed by atoms with Gasteiger partial charge in [-0.05, 0) is 17.9 Å². The van der Waals surface area contributed by atoms with Crippen molar-refractivity contribution in [2.24, 2.45) is 0 Å². The first-order chi connectivity index (χ1) is 9.56. The summed E-state index contributed by atoms with van der Waals surface area (Å²) in [6.07, 6.45) is 1.57. The first kappa shape index (κ1) is 14.7. The number of ketones is 1. The van der Waals surface area contributed by atoms with Crippen LogP contribution in [0.15, 0.2) is 17.5 Å². The van der Waals surface area contributed by atoms with Gasteiger partial charge in [0.25, 0.3) is 0 Å². The lowest BCUT2D eigenvalue weighted by atomic mass is 10.1. The Balaban J connectivity index is 1.73. The molecule has 6 heteroatoms. The van der Waals surface area contributed by atoms with Crippen LogP contribution in [0.2, 0.25) is 0 Å². The van der Waals surface area contributed by atoms with E-state index in [9.17, 15) is 14.4 Å². The number of hydrogen-bond donors (Lipinski definition) is 1. The van der Waals surface area contributed by atoms with Crippen LogP contribution in [0.3, 0.4) is 0 Å². The van der Waals surface area contributed by atoms with E-state index in [4.69, 9.17) is 0 Å². The maximum atomic E-state index is 11.8. The number of nitrogens with one attached hydrogen (secondary N) is 1. The van der Waals surface area contributed by atoms with Crippen LogP contribution >= 0.6 is 11.3 Å². The van der Waals surface area contributed by atoms with Crippen molar-refractivity contribution < 1.29 is 14.4 Å². The van der Waals surface area contributed by atoms with E-state index in [1.54, 1.807) is 18.0 Å². The summed E-state index contributed by atoms with van der Waals surface area (Å²) in [5, 5.41) is 4.74. The molecule has 1 aliphatic heterocycles. The van der Waals surface area contributed by atoms with Crippen molar-refractivity contribution in [3.05, 3.63) is 22.4 Å². The lowest BCUT2D eigenvalue weighted by Crippen LogP contribution is -2.48. The molecule has 20 heavy (non-hydrogen) atoms. The molecule has 1 aromatic heterocycles. The molecule has 108 valence electrons. The first-order valence-electron chi connectivity index (χ1n) is 6.66. The van der Waals surface area contributed by atoms with Crippen molar-refractivity contribution in [1.29, 1.82) is 0 Å². The first-order valence-corrected chi connectivity index (χ1v) is 7.54. The number of carbonyl (C=O) groups is 3. The van der Waals surface area contributed by atoms with E-state index in [-0.39, 0.29) is 36.5 Å². The van der Waals surface area contributed by atoms with Crippen LogP contribution in [-0.2, 0) is 9.59 Å². The molecule has 0 aromatic carbocycles. The van der Waals surface area contributed by atoms with Gasteiger partial charge in [0.15, 0.2) is 5.78 Å². The van der Waals surface area contributed by atoms with Crippen molar-refractivity contribution in [2.75, 3.05) is 13.6 Å². The third kappa shape index (κ3) is 3.90. The summed E-state index contributed by atoms with van der Waals surface area (Å²) in [4.78, 5) is 37.3. The van der Waals surface area contributed by atoms with Crippen LogP contribution in [0.1, 0.15) is 35.4 Å². The molecule has 5 nitrogen and oxygen atoms in total. The number of thiophene rings is 1. The maximum absolute atomic E-state index is 11.8. The van der Waals surface area contributed by atoms with Gasteiger partial charge in [0.2, 0.25) is 11.8 Å². The Morgan fingerprint density at radius 3 is 2.90 bits per heavy atom. The summed E-state index contributed by atoms with van der Waals surface area (Å²) in [6.45, 7) is 0.545. The minimum atomic E-state index is -0.123. The smallest absolute Gasteiger partial charge is 0.222 e. The molecule has 1 aromatic rings. The van der Waals surface area contributed by atoms with Gasteiger partial charge in [-0.1, -0.05) is 6.07 Å². The molecule has 1 saturated heterocycles. The highest BCUT2D eigenvalue weighted by atomic mass is 32.1. The van der Waals surface area contributed by atoms with E-state index in [0.29, 0.717) is 24.3 Å². The number of rotatable bonds is 5. The molecule has 2 heterocycles. The van der Waals surface area contributed by atoms with Crippen molar-refractivity contribution in [2.45, 2.75) is 31.7 Å². The van der Waals surface area contributed by atoms with Crippen LogP contribution in [0.25, 0.3) is 0 Å². The molecule has 0 bridgehead atoms. The molecular formula is C14H18N2O3S. The van der Waals surface area contributed by atoms with Gasteiger partial charge in [-0.15, -0.1) is 11.3 Å². The minimum absolute atomic E-state index is 0.00189. The normalized spacial score (nSPS) is 18.9. The molecule has 1 aliphatic rings. The van der Waals surface area contributed by atoms with E-state index in [0.717, 1.165) is 0 Å². The summed E-state index contributed by atoms with van der Waals surface area (Å²) < 4.78 is 0. The number of likely N-dealkylation sites (N-methyl/N-ethyl adjacent to an activating group) is 1. The van der Waals surface area contributed by atoms with E-state index >= 15 is 0 Å². The molecular weight excluding hydrogens is 276 g/mol. The van der Waals surface area contributed by atoms with E-state index in [1.165, 1.54) is 11.3 Å². The second kappa shape index (κ2) is 6.65. The van der Waals surface area contributed by atoms with Crippen molar-refractivity contribution in [1.82, 2.24) is 10.2 Å². The van der Waals surface area contributed by atoms with Crippen LogP contribution in [0.4, 0.5) is 0 Å². The summed E-state index contributed by atoms with van der Waals surface area (Å²) >= 11 is 1.39. The lowest BCUT2D eigenvalue weighted by Gasteiger charge is -2.30. The number of nitrogens with zero attached hydrogens (tertiary/aromatic N) is 1. The average molecular weight is 294 g/mol. The van der Waals surface area contributed by atoms with E-state index in [1.807, 2.05) is 11.4 Å². The highest BCUT2D eigenvalue weighted by molar-refractivity contribution is 7.12. The summed E-state index contributed by atoms with van der Waals surface area (Å²) in [7, 11) is 1.74. The fourth-order valence-electron chi connectivity index (χ4n) is 2.22. The average Bonchev–Trinajstić information content (AvgIpc) is 2.94. The van der Waals surface area contributed by atoms with Gasteiger partial charge in [0, 0.05) is 38.9 Å². The van der Waals surface area contributed by atoms with Crippen LogP contribution < -0.4 is 5.32 Å². The Morgan fingerprint density at radius 2 is 2.25 bits per heavy atom. The van der Waals surface area contributed by atoms with Crippen molar-refractivity contribution in [3.8, 4) is 0 Å². The molecule has 1 N–H and O–H groups in total. The number of Topliss-reactive ketones (excluding diaryl/α,β-unsaturated/α-hetero) is 1. The Bertz CT molecular complexity index is 499. The van der Waals surface area contributed by atoms with E-state index < -0.39 is 0 Å². The lowest BCUT2D eigenvalue weighted by molar-refractivity contribution is -0.133. The maximum Gasteiger partial charge on any atom is 0.222 e. The third-order valence-electron chi connectivity index (χ3n) is 3.37. The molecule has 2 rings (SSSR count). The molecule has 0 radical (unpaired) electrons. The monoisotopic (exact) mass is 294 g/mol. The Morgan fingerprint density at radius 1 is 1.45 bits per heavy atom. The second-order valence-electron chi connectivity index (χ2n) is 4.98. The largest absolute Gasteiger partial charge is 0.352 e. The topological polar surface area (TPSA) is 66.5 Å². The molecule has 0 spiro atoms. The molecule has 0 aliphatic carbocycles. The van der Waals surface area contributed by atoms with Gasteiger partial charge in [-0.3, -0.25) is 14.4 Å². The molecule has 1 unspecified atom stereocenters. The standard InChI is InChI=1S/C14H18N2O3S/c1-16-9-10(4-7-14(16)19)15-13(18)6-5-11(17)12-3-2-8-20-12/h2-3,8,10H,4-7,9H2,1H3,(H,15,18). The molecule has 1 atom stereocenters. The fraction of sp³-hybridized carbons (Fsp3) is 0.500. The van der Waals surface area contributed by atoms with E-state index in [2.05, 4.69) is 5.32 Å². The fourth-order valence-corrected chi connectivity index (χ4v) is 2.91. The summed E-state index contributed by atoms with van der Waals surface area (Å²) in [5.74, 6) is -0.00267. The Labute approximate surface area is 122 Å². The van der Waals surface area contributed by atoms with Gasteiger partial charge < -0.3 is 10.2 Å². The zero-order valence-electron chi connectivity index (χ0n) is 11.4. The van der Waals surface area contributed by atoms with Crippen LogP contribution in [0, 0.1) is 0 Å². The van der Waals surface area contributed by atoms with Gasteiger partial charge in [0.05, 0.1) is 4.88 Å². The highest BCUT2D eigenvalue weighted by Crippen LogP contribution is 2.13. The predicted octanol–water partition coefficient (Wildman–Crippen LogP) is 1.45. The Hall–Kier alpha value is -1.69. The summed E-state index contributed by atoms with van der Waals surface area (Å²) in [6, 6.07) is 3.60. The second-order valence-corrected chi connectivity index (χ2v) is 5.93. The van der Waals surface area contributed by atoms with Gasteiger partial charge in [-0.2, -0.15) is 0 Å². The molecule has 1 fully saturated rings. The molecule has 2 amide bonds. The van der Waals surface area contributed by atoms with Gasteiger partial charge in [0.1, 0.15) is 0 Å².